The van der Waals surface area contributed by atoms with Gasteiger partial charge in [-0.2, -0.15) is 5.10 Å². The summed E-state index contributed by atoms with van der Waals surface area (Å²) in [5, 5.41) is 7.22. The first kappa shape index (κ1) is 9.31. The maximum atomic E-state index is 5.11. The van der Waals surface area contributed by atoms with E-state index in [-0.39, 0.29) is 5.96 Å². The Hall–Kier alpha value is -1.78. The minimum Gasteiger partial charge on any atom is -0.369 e. The van der Waals surface area contributed by atoms with Crippen molar-refractivity contribution in [3.05, 3.63) is 24.0 Å². The van der Waals surface area contributed by atoms with Gasteiger partial charge in [0.25, 0.3) is 0 Å². The highest BCUT2D eigenvalue weighted by molar-refractivity contribution is 5.80. The molecule has 70 valence electrons. The first-order chi connectivity index (χ1) is 6.24. The van der Waals surface area contributed by atoms with Gasteiger partial charge in [0.2, 0.25) is 5.96 Å². The summed E-state index contributed by atoms with van der Waals surface area (Å²) in [4.78, 5) is 0. The number of aromatic nitrogens is 1. The third-order valence-electron chi connectivity index (χ3n) is 1.57. The van der Waals surface area contributed by atoms with Crippen molar-refractivity contribution < 1.29 is 0 Å². The SMILES string of the molecule is CCn1cccc1C=NN=C(N)N. The normalized spacial score (nSPS) is 10.5. The number of guanidine groups is 1. The van der Waals surface area contributed by atoms with Crippen LogP contribution in [0.4, 0.5) is 0 Å². The van der Waals surface area contributed by atoms with Crippen LogP contribution in [0.15, 0.2) is 28.5 Å². The van der Waals surface area contributed by atoms with Gasteiger partial charge >= 0.3 is 0 Å². The van der Waals surface area contributed by atoms with Gasteiger partial charge in [-0.05, 0) is 19.1 Å². The molecule has 0 aliphatic carbocycles. The lowest BCUT2D eigenvalue weighted by atomic mass is 10.4. The molecule has 0 amide bonds. The number of aryl methyl sites for hydroxylation is 1. The first-order valence-electron chi connectivity index (χ1n) is 4.01. The quantitative estimate of drug-likeness (QED) is 0.392. The van der Waals surface area contributed by atoms with Crippen LogP contribution in [-0.4, -0.2) is 16.7 Å². The van der Waals surface area contributed by atoms with Gasteiger partial charge in [-0.1, -0.05) is 0 Å². The number of nitrogens with two attached hydrogens (primary N) is 2. The lowest BCUT2D eigenvalue weighted by molar-refractivity contribution is 0.763. The third-order valence-corrected chi connectivity index (χ3v) is 1.57. The van der Waals surface area contributed by atoms with Crippen LogP contribution < -0.4 is 11.5 Å². The first-order valence-corrected chi connectivity index (χ1v) is 4.01. The minimum atomic E-state index is -0.0362. The van der Waals surface area contributed by atoms with E-state index in [4.69, 9.17) is 11.5 Å². The fourth-order valence-electron chi connectivity index (χ4n) is 0.987. The molecule has 1 heterocycles. The lowest BCUT2D eigenvalue weighted by Gasteiger charge is -1.98. The molecule has 0 saturated carbocycles. The fraction of sp³-hybridized carbons (Fsp3) is 0.250. The van der Waals surface area contributed by atoms with E-state index in [2.05, 4.69) is 17.1 Å². The zero-order valence-electron chi connectivity index (χ0n) is 7.51. The van der Waals surface area contributed by atoms with Crippen molar-refractivity contribution in [1.29, 1.82) is 0 Å². The smallest absolute Gasteiger partial charge is 0.211 e. The molecular weight excluding hydrogens is 166 g/mol. The molecule has 13 heavy (non-hydrogen) atoms. The molecule has 0 radical (unpaired) electrons. The molecule has 0 aromatic carbocycles. The monoisotopic (exact) mass is 179 g/mol. The maximum Gasteiger partial charge on any atom is 0.211 e. The van der Waals surface area contributed by atoms with Crippen molar-refractivity contribution in [2.75, 3.05) is 0 Å². The Labute approximate surface area is 76.8 Å². The Morgan fingerprint density at radius 3 is 3.00 bits per heavy atom. The molecule has 0 unspecified atom stereocenters. The molecule has 5 nitrogen and oxygen atoms in total. The Bertz CT molecular complexity index is 319. The van der Waals surface area contributed by atoms with Crippen molar-refractivity contribution >= 4 is 12.2 Å². The molecule has 4 N–H and O–H groups in total. The summed E-state index contributed by atoms with van der Waals surface area (Å²) in [5.41, 5.74) is 11.2. The molecule has 0 atom stereocenters. The zero-order chi connectivity index (χ0) is 9.68. The predicted molar refractivity (Wildman–Crippen MR) is 53.5 cm³/mol. The number of rotatable bonds is 3. The van der Waals surface area contributed by atoms with Crippen LogP contribution in [0, 0.1) is 0 Å². The highest BCUT2D eigenvalue weighted by Crippen LogP contribution is 1.98. The van der Waals surface area contributed by atoms with Gasteiger partial charge < -0.3 is 16.0 Å². The number of nitrogens with zero attached hydrogens (tertiary/aromatic N) is 3. The molecular formula is C8H13N5. The van der Waals surface area contributed by atoms with E-state index in [1.54, 1.807) is 6.21 Å². The van der Waals surface area contributed by atoms with Crippen molar-refractivity contribution in [2.45, 2.75) is 13.5 Å². The van der Waals surface area contributed by atoms with E-state index in [1.165, 1.54) is 0 Å². The van der Waals surface area contributed by atoms with E-state index in [0.717, 1.165) is 12.2 Å². The number of hydrogen-bond donors (Lipinski definition) is 2. The second kappa shape index (κ2) is 4.30. The third kappa shape index (κ3) is 2.62. The Kier molecular flexibility index (Phi) is 3.08. The van der Waals surface area contributed by atoms with Crippen LogP contribution >= 0.6 is 0 Å². The van der Waals surface area contributed by atoms with Crippen LogP contribution in [0.2, 0.25) is 0 Å². The van der Waals surface area contributed by atoms with E-state index >= 15 is 0 Å². The molecule has 0 aliphatic heterocycles. The fourth-order valence-corrected chi connectivity index (χ4v) is 0.987. The minimum absolute atomic E-state index is 0.0362. The average molecular weight is 179 g/mol. The van der Waals surface area contributed by atoms with Gasteiger partial charge in [-0.15, -0.1) is 5.10 Å². The molecule has 0 bridgehead atoms. The molecule has 1 aromatic heterocycles. The predicted octanol–water partition coefficient (Wildman–Crippen LogP) is 0.115. The summed E-state index contributed by atoms with van der Waals surface area (Å²) >= 11 is 0. The van der Waals surface area contributed by atoms with Gasteiger partial charge in [0, 0.05) is 12.7 Å². The Morgan fingerprint density at radius 2 is 2.38 bits per heavy atom. The van der Waals surface area contributed by atoms with Crippen molar-refractivity contribution in [3.63, 3.8) is 0 Å². The van der Waals surface area contributed by atoms with Crippen LogP contribution in [0.5, 0.6) is 0 Å². The topological polar surface area (TPSA) is 81.7 Å². The molecule has 1 rings (SSSR count). The van der Waals surface area contributed by atoms with E-state index in [1.807, 2.05) is 22.9 Å². The van der Waals surface area contributed by atoms with Gasteiger partial charge in [0.1, 0.15) is 0 Å². The second-order valence-electron chi connectivity index (χ2n) is 2.49. The van der Waals surface area contributed by atoms with Crippen LogP contribution in [0.3, 0.4) is 0 Å². The van der Waals surface area contributed by atoms with Gasteiger partial charge in [-0.25, -0.2) is 0 Å². The van der Waals surface area contributed by atoms with E-state index in [0.29, 0.717) is 0 Å². The van der Waals surface area contributed by atoms with Gasteiger partial charge in [-0.3, -0.25) is 0 Å². The van der Waals surface area contributed by atoms with Crippen LogP contribution in [0.25, 0.3) is 0 Å². The lowest BCUT2D eigenvalue weighted by Crippen LogP contribution is -2.21. The summed E-state index contributed by atoms with van der Waals surface area (Å²) in [7, 11) is 0. The maximum absolute atomic E-state index is 5.11. The number of hydrogen-bond acceptors (Lipinski definition) is 2. The average Bonchev–Trinajstić information content (AvgIpc) is 2.51. The summed E-state index contributed by atoms with van der Waals surface area (Å²) in [6.45, 7) is 2.95. The van der Waals surface area contributed by atoms with Gasteiger partial charge in [0.15, 0.2) is 0 Å². The molecule has 1 aromatic rings. The molecule has 0 saturated heterocycles. The molecule has 0 fully saturated rings. The summed E-state index contributed by atoms with van der Waals surface area (Å²) in [6.07, 6.45) is 3.58. The standard InChI is InChI=1S/C8H13N5/c1-2-13-5-3-4-7(13)6-11-12-8(9)10/h3-6H,2H2,1H3,(H4,9,10,12). The van der Waals surface area contributed by atoms with Crippen molar-refractivity contribution in [2.24, 2.45) is 21.7 Å². The Balaban J connectivity index is 2.73. The van der Waals surface area contributed by atoms with Crippen molar-refractivity contribution in [3.8, 4) is 0 Å². The Morgan fingerprint density at radius 1 is 1.62 bits per heavy atom. The molecule has 5 heteroatoms. The highest BCUT2D eigenvalue weighted by atomic mass is 15.3. The van der Waals surface area contributed by atoms with Crippen LogP contribution in [0.1, 0.15) is 12.6 Å². The van der Waals surface area contributed by atoms with E-state index in [9.17, 15) is 0 Å². The summed E-state index contributed by atoms with van der Waals surface area (Å²) in [6, 6.07) is 3.88. The molecule has 0 aliphatic rings. The molecule has 0 spiro atoms. The summed E-state index contributed by atoms with van der Waals surface area (Å²) < 4.78 is 2.03. The highest BCUT2D eigenvalue weighted by Gasteiger charge is 1.93. The second-order valence-corrected chi connectivity index (χ2v) is 2.49. The van der Waals surface area contributed by atoms with E-state index < -0.39 is 0 Å². The van der Waals surface area contributed by atoms with Crippen molar-refractivity contribution in [1.82, 2.24) is 4.57 Å². The largest absolute Gasteiger partial charge is 0.369 e. The van der Waals surface area contributed by atoms with Gasteiger partial charge in [0.05, 0.1) is 11.9 Å². The zero-order valence-corrected chi connectivity index (χ0v) is 7.51. The summed E-state index contributed by atoms with van der Waals surface area (Å²) in [5.74, 6) is -0.0362. The van der Waals surface area contributed by atoms with Crippen LogP contribution in [-0.2, 0) is 6.54 Å².